The van der Waals surface area contributed by atoms with Crippen LogP contribution in [0.5, 0.6) is 0 Å². The van der Waals surface area contributed by atoms with Crippen molar-refractivity contribution in [2.24, 2.45) is 5.41 Å². The van der Waals surface area contributed by atoms with E-state index in [1.54, 1.807) is 6.07 Å². The van der Waals surface area contributed by atoms with Crippen molar-refractivity contribution in [3.63, 3.8) is 0 Å². The average molecular weight is 391 g/mol. The maximum absolute atomic E-state index is 12.0. The van der Waals surface area contributed by atoms with Crippen LogP contribution in [0.15, 0.2) is 54.7 Å². The van der Waals surface area contributed by atoms with Crippen molar-refractivity contribution >= 4 is 5.97 Å². The Morgan fingerprint density at radius 1 is 1.03 bits per heavy atom. The van der Waals surface area contributed by atoms with Gasteiger partial charge in [0.05, 0.1) is 12.7 Å². The third-order valence-electron chi connectivity index (χ3n) is 4.88. The number of nitrogens with zero attached hydrogens (tertiary/aromatic N) is 1. The number of imidazole rings is 1. The van der Waals surface area contributed by atoms with Crippen molar-refractivity contribution in [1.82, 2.24) is 9.97 Å². The third kappa shape index (κ3) is 5.80. The molecule has 29 heavy (non-hydrogen) atoms. The lowest BCUT2D eigenvalue weighted by molar-refractivity contribution is 0.0601. The summed E-state index contributed by atoms with van der Waals surface area (Å²) < 4.78 is 4.90. The molecule has 0 amide bonds. The zero-order chi connectivity index (χ0) is 20.9. The zero-order valence-corrected chi connectivity index (χ0v) is 17.8. The number of esters is 1. The Balaban J connectivity index is 1.59. The fraction of sp³-hybridized carbons (Fsp3) is 0.360. The summed E-state index contributed by atoms with van der Waals surface area (Å²) in [5, 5.41) is 0. The standard InChI is InChI=1S/C25H30N2O2/c1-25(2,3)16-20-17-26-23(27-20)11-7-8-18-12-14-19(15-13-18)21-9-5-6-10-22(21)24(28)29-4/h5-6,9-10,12-15,17H,7-8,11,16H2,1-4H3,(H,26,27). The first-order chi connectivity index (χ1) is 13.9. The summed E-state index contributed by atoms with van der Waals surface area (Å²) in [6.07, 6.45) is 5.95. The lowest BCUT2D eigenvalue weighted by Gasteiger charge is -2.16. The molecule has 0 saturated carbocycles. The molecule has 152 valence electrons. The van der Waals surface area contributed by atoms with Gasteiger partial charge < -0.3 is 9.72 Å². The van der Waals surface area contributed by atoms with E-state index in [1.807, 2.05) is 24.4 Å². The van der Waals surface area contributed by atoms with E-state index in [1.165, 1.54) is 18.4 Å². The van der Waals surface area contributed by atoms with Gasteiger partial charge in [-0.3, -0.25) is 0 Å². The summed E-state index contributed by atoms with van der Waals surface area (Å²) in [6, 6.07) is 16.0. The molecule has 1 heterocycles. The molecule has 0 spiro atoms. The van der Waals surface area contributed by atoms with Gasteiger partial charge in [-0.25, -0.2) is 9.78 Å². The Morgan fingerprint density at radius 2 is 1.76 bits per heavy atom. The Labute approximate surface area is 173 Å². The van der Waals surface area contributed by atoms with Crippen LogP contribution < -0.4 is 0 Å². The quantitative estimate of drug-likeness (QED) is 0.532. The number of benzene rings is 2. The number of carbonyl (C=O) groups is 1. The Bertz CT molecular complexity index is 949. The maximum atomic E-state index is 12.0. The largest absolute Gasteiger partial charge is 0.465 e. The van der Waals surface area contributed by atoms with Crippen LogP contribution in [-0.4, -0.2) is 23.0 Å². The van der Waals surface area contributed by atoms with E-state index < -0.39 is 0 Å². The molecule has 1 aromatic heterocycles. The normalized spacial score (nSPS) is 11.4. The number of hydrogen-bond donors (Lipinski definition) is 1. The lowest BCUT2D eigenvalue weighted by Crippen LogP contribution is -2.09. The van der Waals surface area contributed by atoms with Crippen LogP contribution in [0.3, 0.4) is 0 Å². The second-order valence-electron chi connectivity index (χ2n) is 8.68. The Morgan fingerprint density at radius 3 is 2.45 bits per heavy atom. The Kier molecular flexibility index (Phi) is 6.53. The topological polar surface area (TPSA) is 55.0 Å². The van der Waals surface area contributed by atoms with E-state index in [9.17, 15) is 4.79 Å². The number of ether oxygens (including phenoxy) is 1. The van der Waals surface area contributed by atoms with Crippen LogP contribution in [0.1, 0.15) is 54.6 Å². The van der Waals surface area contributed by atoms with E-state index in [0.29, 0.717) is 5.56 Å². The minimum absolute atomic E-state index is 0.262. The predicted octanol–water partition coefficient (Wildman–Crippen LogP) is 5.63. The fourth-order valence-corrected chi connectivity index (χ4v) is 3.53. The lowest BCUT2D eigenvalue weighted by atomic mass is 9.91. The van der Waals surface area contributed by atoms with E-state index in [2.05, 4.69) is 55.0 Å². The highest BCUT2D eigenvalue weighted by atomic mass is 16.5. The van der Waals surface area contributed by atoms with Gasteiger partial charge in [0.1, 0.15) is 5.82 Å². The number of methoxy groups -OCH3 is 1. The van der Waals surface area contributed by atoms with Crippen molar-refractivity contribution in [3.8, 4) is 11.1 Å². The van der Waals surface area contributed by atoms with Gasteiger partial charge in [0, 0.05) is 18.3 Å². The van der Waals surface area contributed by atoms with Crippen LogP contribution >= 0.6 is 0 Å². The molecular weight excluding hydrogens is 360 g/mol. The predicted molar refractivity (Wildman–Crippen MR) is 117 cm³/mol. The number of aromatic amines is 1. The highest BCUT2D eigenvalue weighted by Crippen LogP contribution is 2.25. The van der Waals surface area contributed by atoms with Crippen molar-refractivity contribution in [3.05, 3.63) is 77.4 Å². The second kappa shape index (κ2) is 9.08. The monoisotopic (exact) mass is 390 g/mol. The summed E-state index contributed by atoms with van der Waals surface area (Å²) in [5.74, 6) is 0.752. The molecule has 0 bridgehead atoms. The van der Waals surface area contributed by atoms with Gasteiger partial charge in [0.25, 0.3) is 0 Å². The molecule has 4 heteroatoms. The number of rotatable bonds is 7. The molecule has 0 saturated heterocycles. The van der Waals surface area contributed by atoms with Crippen molar-refractivity contribution in [2.45, 2.75) is 46.5 Å². The minimum atomic E-state index is -0.311. The Hall–Kier alpha value is -2.88. The van der Waals surface area contributed by atoms with Gasteiger partial charge in [0.2, 0.25) is 0 Å². The molecule has 2 aromatic carbocycles. The summed E-state index contributed by atoms with van der Waals surface area (Å²) in [6.45, 7) is 6.71. The molecule has 0 aliphatic rings. The smallest absolute Gasteiger partial charge is 0.338 e. The highest BCUT2D eigenvalue weighted by Gasteiger charge is 2.14. The van der Waals surface area contributed by atoms with Crippen molar-refractivity contribution in [1.29, 1.82) is 0 Å². The van der Waals surface area contributed by atoms with Crippen LogP contribution in [0.2, 0.25) is 0 Å². The summed E-state index contributed by atoms with van der Waals surface area (Å²) in [5.41, 5.74) is 5.26. The zero-order valence-electron chi connectivity index (χ0n) is 17.8. The number of carbonyl (C=O) groups excluding carboxylic acids is 1. The van der Waals surface area contributed by atoms with Gasteiger partial charge in [-0.2, -0.15) is 0 Å². The van der Waals surface area contributed by atoms with E-state index in [-0.39, 0.29) is 11.4 Å². The van der Waals surface area contributed by atoms with Gasteiger partial charge in [0.15, 0.2) is 0 Å². The SMILES string of the molecule is COC(=O)c1ccccc1-c1ccc(CCCc2ncc(CC(C)(C)C)[nH]2)cc1. The van der Waals surface area contributed by atoms with E-state index in [4.69, 9.17) is 4.74 Å². The van der Waals surface area contributed by atoms with Crippen LogP contribution in [0.4, 0.5) is 0 Å². The number of nitrogens with one attached hydrogen (secondary N) is 1. The molecule has 0 fully saturated rings. The molecule has 0 aliphatic carbocycles. The number of H-pyrrole nitrogens is 1. The number of aromatic nitrogens is 2. The first kappa shape index (κ1) is 20.8. The van der Waals surface area contributed by atoms with Crippen molar-refractivity contribution < 1.29 is 9.53 Å². The molecule has 0 aliphatic heterocycles. The number of hydrogen-bond acceptors (Lipinski definition) is 3. The first-order valence-electron chi connectivity index (χ1n) is 10.1. The molecule has 3 aromatic rings. The molecule has 0 radical (unpaired) electrons. The first-order valence-corrected chi connectivity index (χ1v) is 10.1. The van der Waals surface area contributed by atoms with Gasteiger partial charge in [-0.1, -0.05) is 63.2 Å². The summed E-state index contributed by atoms with van der Waals surface area (Å²) in [4.78, 5) is 20.0. The van der Waals surface area contributed by atoms with Gasteiger partial charge >= 0.3 is 5.97 Å². The van der Waals surface area contributed by atoms with Crippen LogP contribution in [-0.2, 0) is 24.0 Å². The van der Waals surface area contributed by atoms with Gasteiger partial charge in [-0.15, -0.1) is 0 Å². The average Bonchev–Trinajstić information content (AvgIpc) is 3.13. The highest BCUT2D eigenvalue weighted by molar-refractivity contribution is 5.97. The second-order valence-corrected chi connectivity index (χ2v) is 8.68. The molecule has 0 unspecified atom stereocenters. The molecule has 0 atom stereocenters. The molecule has 3 rings (SSSR count). The summed E-state index contributed by atoms with van der Waals surface area (Å²) >= 11 is 0. The van der Waals surface area contributed by atoms with Crippen LogP contribution in [0.25, 0.3) is 11.1 Å². The van der Waals surface area contributed by atoms with Crippen LogP contribution in [0, 0.1) is 5.41 Å². The third-order valence-corrected chi connectivity index (χ3v) is 4.88. The van der Waals surface area contributed by atoms with Crippen molar-refractivity contribution in [2.75, 3.05) is 7.11 Å². The molecular formula is C25H30N2O2. The van der Waals surface area contributed by atoms with Gasteiger partial charge in [-0.05, 0) is 47.4 Å². The molecule has 1 N–H and O–H groups in total. The van der Waals surface area contributed by atoms with E-state index in [0.717, 1.165) is 42.6 Å². The maximum Gasteiger partial charge on any atom is 0.338 e. The summed E-state index contributed by atoms with van der Waals surface area (Å²) in [7, 11) is 1.41. The van der Waals surface area contributed by atoms with E-state index >= 15 is 0 Å². The minimum Gasteiger partial charge on any atom is -0.465 e. The number of aryl methyl sites for hydroxylation is 2. The molecule has 4 nitrogen and oxygen atoms in total. The fourth-order valence-electron chi connectivity index (χ4n) is 3.53.